The molecule has 0 spiro atoms. The predicted octanol–water partition coefficient (Wildman–Crippen LogP) is 3.02. The highest BCUT2D eigenvalue weighted by Gasteiger charge is 2.24. The lowest BCUT2D eigenvalue weighted by Crippen LogP contribution is -2.06. The first-order chi connectivity index (χ1) is 10.4. The Morgan fingerprint density at radius 1 is 1.19 bits per heavy atom. The standard InChI is InChI=1S/C16H17N5/c1-8-19-21(9-1)15-4-2-13(3-5-15)18-11-16-10-17-12-20(16)14-6-7-14/h1-5,8-10,12,14,18H,6-7,11H2. The maximum Gasteiger partial charge on any atom is 0.0951 e. The zero-order valence-corrected chi connectivity index (χ0v) is 11.7. The van der Waals surface area contributed by atoms with E-state index in [2.05, 4.69) is 44.2 Å². The highest BCUT2D eigenvalue weighted by Crippen LogP contribution is 2.35. The molecule has 1 fully saturated rings. The van der Waals surface area contributed by atoms with Gasteiger partial charge >= 0.3 is 0 Å². The quantitative estimate of drug-likeness (QED) is 0.781. The van der Waals surface area contributed by atoms with Gasteiger partial charge in [-0.3, -0.25) is 0 Å². The summed E-state index contributed by atoms with van der Waals surface area (Å²) in [5.41, 5.74) is 3.41. The van der Waals surface area contributed by atoms with Crippen molar-refractivity contribution in [3.8, 4) is 5.69 Å². The third-order valence-electron chi connectivity index (χ3n) is 3.80. The molecule has 3 aromatic rings. The van der Waals surface area contributed by atoms with Gasteiger partial charge in [0.2, 0.25) is 0 Å². The summed E-state index contributed by atoms with van der Waals surface area (Å²) in [4.78, 5) is 4.25. The Hall–Kier alpha value is -2.56. The molecule has 0 saturated heterocycles. The maximum atomic E-state index is 4.25. The molecule has 0 radical (unpaired) electrons. The summed E-state index contributed by atoms with van der Waals surface area (Å²) in [5.74, 6) is 0. The van der Waals surface area contributed by atoms with E-state index >= 15 is 0 Å². The van der Waals surface area contributed by atoms with Gasteiger partial charge in [-0.05, 0) is 43.2 Å². The van der Waals surface area contributed by atoms with E-state index in [0.29, 0.717) is 6.04 Å². The number of anilines is 1. The lowest BCUT2D eigenvalue weighted by Gasteiger charge is -2.10. The molecule has 2 aromatic heterocycles. The first-order valence-corrected chi connectivity index (χ1v) is 7.25. The van der Waals surface area contributed by atoms with Crippen LogP contribution in [0.2, 0.25) is 0 Å². The van der Waals surface area contributed by atoms with Crippen LogP contribution in [0.5, 0.6) is 0 Å². The molecule has 0 aliphatic heterocycles. The number of hydrogen-bond donors (Lipinski definition) is 1. The van der Waals surface area contributed by atoms with E-state index in [1.54, 1.807) is 6.20 Å². The van der Waals surface area contributed by atoms with Gasteiger partial charge in [-0.15, -0.1) is 0 Å². The van der Waals surface area contributed by atoms with Gasteiger partial charge in [-0.2, -0.15) is 5.10 Å². The summed E-state index contributed by atoms with van der Waals surface area (Å²) in [6.07, 6.45) is 10.2. The number of hydrogen-bond acceptors (Lipinski definition) is 3. The van der Waals surface area contributed by atoms with E-state index in [-0.39, 0.29) is 0 Å². The number of benzene rings is 1. The van der Waals surface area contributed by atoms with Crippen LogP contribution in [0.25, 0.3) is 5.69 Å². The summed E-state index contributed by atoms with van der Waals surface area (Å²) < 4.78 is 4.14. The Morgan fingerprint density at radius 3 is 2.76 bits per heavy atom. The monoisotopic (exact) mass is 279 g/mol. The second-order valence-electron chi connectivity index (χ2n) is 5.37. The fourth-order valence-corrected chi connectivity index (χ4v) is 2.50. The summed E-state index contributed by atoms with van der Waals surface area (Å²) in [6.45, 7) is 0.803. The zero-order valence-electron chi connectivity index (χ0n) is 11.7. The second kappa shape index (κ2) is 5.09. The van der Waals surface area contributed by atoms with Crippen molar-refractivity contribution >= 4 is 5.69 Å². The van der Waals surface area contributed by atoms with Gasteiger partial charge in [0.25, 0.3) is 0 Å². The third-order valence-corrected chi connectivity index (χ3v) is 3.80. The smallest absolute Gasteiger partial charge is 0.0951 e. The van der Waals surface area contributed by atoms with Crippen LogP contribution >= 0.6 is 0 Å². The van der Waals surface area contributed by atoms with Crippen LogP contribution in [0.15, 0.2) is 55.2 Å². The molecule has 1 saturated carbocycles. The minimum absolute atomic E-state index is 0.673. The predicted molar refractivity (Wildman–Crippen MR) is 81.4 cm³/mol. The van der Waals surface area contributed by atoms with Crippen molar-refractivity contribution in [3.63, 3.8) is 0 Å². The van der Waals surface area contributed by atoms with Crippen molar-refractivity contribution in [1.82, 2.24) is 19.3 Å². The maximum absolute atomic E-state index is 4.25. The van der Waals surface area contributed by atoms with Crippen molar-refractivity contribution in [2.24, 2.45) is 0 Å². The van der Waals surface area contributed by atoms with Crippen LogP contribution in [0.1, 0.15) is 24.6 Å². The molecule has 5 nitrogen and oxygen atoms in total. The fraction of sp³-hybridized carbons (Fsp3) is 0.250. The largest absolute Gasteiger partial charge is 0.379 e. The Balaban J connectivity index is 1.44. The van der Waals surface area contributed by atoms with Crippen LogP contribution in [-0.4, -0.2) is 19.3 Å². The molecule has 1 aliphatic carbocycles. The first-order valence-electron chi connectivity index (χ1n) is 7.25. The van der Waals surface area contributed by atoms with Crippen molar-refractivity contribution in [2.75, 3.05) is 5.32 Å². The van der Waals surface area contributed by atoms with Crippen LogP contribution in [0.3, 0.4) is 0 Å². The number of imidazole rings is 1. The summed E-state index contributed by atoms with van der Waals surface area (Å²) in [5, 5.41) is 7.68. The molecule has 106 valence electrons. The molecule has 2 heterocycles. The van der Waals surface area contributed by atoms with Gasteiger partial charge in [0.15, 0.2) is 0 Å². The molecule has 4 rings (SSSR count). The molecular weight excluding hydrogens is 262 g/mol. The van der Waals surface area contributed by atoms with Gasteiger partial charge in [0.05, 0.1) is 24.3 Å². The molecule has 5 heteroatoms. The van der Waals surface area contributed by atoms with Crippen LogP contribution in [-0.2, 0) is 6.54 Å². The third kappa shape index (κ3) is 2.54. The molecule has 0 atom stereocenters. The number of nitrogens with one attached hydrogen (secondary N) is 1. The van der Waals surface area contributed by atoms with Gasteiger partial charge in [-0.1, -0.05) is 0 Å². The van der Waals surface area contributed by atoms with Gasteiger partial charge in [0.1, 0.15) is 0 Å². The van der Waals surface area contributed by atoms with Crippen LogP contribution in [0, 0.1) is 0 Å². The molecule has 21 heavy (non-hydrogen) atoms. The average molecular weight is 279 g/mol. The molecule has 1 N–H and O–H groups in total. The molecule has 0 amide bonds. The Labute approximate surface area is 123 Å². The fourth-order valence-electron chi connectivity index (χ4n) is 2.50. The van der Waals surface area contributed by atoms with Crippen molar-refractivity contribution in [3.05, 3.63) is 60.9 Å². The molecule has 1 aliphatic rings. The van der Waals surface area contributed by atoms with Crippen molar-refractivity contribution < 1.29 is 0 Å². The Bertz CT molecular complexity index is 707. The average Bonchev–Trinajstić information content (AvgIpc) is 3.04. The molecule has 0 unspecified atom stereocenters. The van der Waals surface area contributed by atoms with Gasteiger partial charge in [0, 0.05) is 30.3 Å². The number of rotatable bonds is 5. The molecule has 0 bridgehead atoms. The first kappa shape index (κ1) is 12.2. The minimum Gasteiger partial charge on any atom is -0.379 e. The number of aromatic nitrogens is 4. The topological polar surface area (TPSA) is 47.7 Å². The lowest BCUT2D eigenvalue weighted by molar-refractivity contribution is 0.701. The normalized spacial score (nSPS) is 14.3. The van der Waals surface area contributed by atoms with E-state index in [9.17, 15) is 0 Å². The van der Waals surface area contributed by atoms with E-state index in [0.717, 1.165) is 17.9 Å². The Kier molecular flexibility index (Phi) is 2.96. The minimum atomic E-state index is 0.673. The highest BCUT2D eigenvalue weighted by atomic mass is 15.3. The molecular formula is C16H17N5. The van der Waals surface area contributed by atoms with E-state index in [1.807, 2.05) is 29.5 Å². The molecule has 1 aromatic carbocycles. The zero-order chi connectivity index (χ0) is 14.1. The van der Waals surface area contributed by atoms with Gasteiger partial charge in [-0.25, -0.2) is 9.67 Å². The van der Waals surface area contributed by atoms with Gasteiger partial charge < -0.3 is 9.88 Å². The Morgan fingerprint density at radius 2 is 2.05 bits per heavy atom. The number of nitrogens with zero attached hydrogens (tertiary/aromatic N) is 4. The van der Waals surface area contributed by atoms with E-state index < -0.39 is 0 Å². The van der Waals surface area contributed by atoms with Crippen LogP contribution < -0.4 is 5.32 Å². The highest BCUT2D eigenvalue weighted by molar-refractivity contribution is 5.48. The SMILES string of the molecule is c1cnn(-c2ccc(NCc3cncn3C3CC3)cc2)c1. The van der Waals surface area contributed by atoms with Crippen molar-refractivity contribution in [1.29, 1.82) is 0 Å². The second-order valence-corrected chi connectivity index (χ2v) is 5.37. The van der Waals surface area contributed by atoms with Crippen molar-refractivity contribution in [2.45, 2.75) is 25.4 Å². The summed E-state index contributed by atoms with van der Waals surface area (Å²) in [7, 11) is 0. The van der Waals surface area contributed by atoms with E-state index in [4.69, 9.17) is 0 Å². The lowest BCUT2D eigenvalue weighted by atomic mass is 10.2. The summed E-state index contributed by atoms with van der Waals surface area (Å²) >= 11 is 0. The van der Waals surface area contributed by atoms with Crippen LogP contribution in [0.4, 0.5) is 5.69 Å². The summed E-state index contributed by atoms with van der Waals surface area (Å²) in [6, 6.07) is 10.9. The van der Waals surface area contributed by atoms with E-state index in [1.165, 1.54) is 18.5 Å².